The number of alkyl carbamates (subject to hydrolysis) is 1. The minimum Gasteiger partial charge on any atom is -0.453 e. The predicted octanol–water partition coefficient (Wildman–Crippen LogP) is 3.96. The molecule has 0 aromatic heterocycles. The van der Waals surface area contributed by atoms with Gasteiger partial charge in [0.25, 0.3) is 0 Å². The SMILES string of the molecule is COC(=O)NC[C@H]1CN(Cc2ccccc2)CC[C@@H]1c1ccccc1C. The van der Waals surface area contributed by atoms with Crippen LogP contribution >= 0.6 is 0 Å². The predicted molar refractivity (Wildman–Crippen MR) is 104 cm³/mol. The molecule has 0 aliphatic carbocycles. The number of ether oxygens (including phenoxy) is 1. The third-order valence-electron chi connectivity index (χ3n) is 5.35. The van der Waals surface area contributed by atoms with Crippen LogP contribution in [0.2, 0.25) is 0 Å². The number of amides is 1. The standard InChI is InChI=1S/C22H28N2O2/c1-17-8-6-7-11-20(17)21-12-13-24(15-18-9-4-3-5-10-18)16-19(21)14-23-22(25)26-2/h3-11,19,21H,12-16H2,1-2H3,(H,23,25)/t19-,21-/m0/s1. The lowest BCUT2D eigenvalue weighted by Gasteiger charge is -2.39. The third kappa shape index (κ3) is 4.64. The van der Waals surface area contributed by atoms with Gasteiger partial charge in [0.15, 0.2) is 0 Å². The second-order valence-corrected chi connectivity index (χ2v) is 7.11. The largest absolute Gasteiger partial charge is 0.453 e. The van der Waals surface area contributed by atoms with Crippen LogP contribution in [0.1, 0.15) is 29.0 Å². The van der Waals surface area contributed by atoms with E-state index in [0.717, 1.165) is 26.1 Å². The van der Waals surface area contributed by atoms with E-state index in [1.54, 1.807) is 0 Å². The first-order chi connectivity index (χ1) is 12.7. The summed E-state index contributed by atoms with van der Waals surface area (Å²) >= 11 is 0. The Morgan fingerprint density at radius 2 is 1.88 bits per heavy atom. The molecule has 0 radical (unpaired) electrons. The van der Waals surface area contributed by atoms with E-state index in [9.17, 15) is 4.79 Å². The van der Waals surface area contributed by atoms with Gasteiger partial charge in [0.05, 0.1) is 7.11 Å². The molecule has 1 N–H and O–H groups in total. The fourth-order valence-electron chi connectivity index (χ4n) is 4.00. The van der Waals surface area contributed by atoms with E-state index in [4.69, 9.17) is 4.74 Å². The second kappa shape index (κ2) is 8.86. The monoisotopic (exact) mass is 352 g/mol. The third-order valence-corrected chi connectivity index (χ3v) is 5.35. The Bertz CT molecular complexity index is 717. The summed E-state index contributed by atoms with van der Waals surface area (Å²) in [6.07, 6.45) is 0.749. The number of methoxy groups -OCH3 is 1. The number of likely N-dealkylation sites (tertiary alicyclic amines) is 1. The molecular formula is C22H28N2O2. The Morgan fingerprint density at radius 3 is 2.62 bits per heavy atom. The number of piperidine rings is 1. The molecule has 4 heteroatoms. The molecule has 1 heterocycles. The van der Waals surface area contributed by atoms with Crippen molar-refractivity contribution >= 4 is 6.09 Å². The van der Waals surface area contributed by atoms with E-state index >= 15 is 0 Å². The molecule has 3 rings (SSSR count). The zero-order valence-electron chi connectivity index (χ0n) is 15.7. The molecule has 0 spiro atoms. The fourth-order valence-corrected chi connectivity index (χ4v) is 4.00. The van der Waals surface area contributed by atoms with E-state index < -0.39 is 0 Å². The smallest absolute Gasteiger partial charge is 0.406 e. The maximum Gasteiger partial charge on any atom is 0.406 e. The van der Waals surface area contributed by atoms with Crippen molar-refractivity contribution in [3.05, 3.63) is 71.3 Å². The summed E-state index contributed by atoms with van der Waals surface area (Å²) in [5.74, 6) is 0.827. The van der Waals surface area contributed by atoms with Gasteiger partial charge in [0.2, 0.25) is 0 Å². The van der Waals surface area contributed by atoms with Crippen LogP contribution < -0.4 is 5.32 Å². The lowest BCUT2D eigenvalue weighted by molar-refractivity contribution is 0.135. The molecule has 0 saturated carbocycles. The second-order valence-electron chi connectivity index (χ2n) is 7.11. The van der Waals surface area contributed by atoms with Crippen molar-refractivity contribution in [2.45, 2.75) is 25.8 Å². The summed E-state index contributed by atoms with van der Waals surface area (Å²) in [6, 6.07) is 19.2. The lowest BCUT2D eigenvalue weighted by atomic mass is 9.78. The average molecular weight is 352 g/mol. The van der Waals surface area contributed by atoms with Gasteiger partial charge in [-0.2, -0.15) is 0 Å². The van der Waals surface area contributed by atoms with Crippen LogP contribution in [0.5, 0.6) is 0 Å². The molecule has 1 aliphatic rings. The highest BCUT2D eigenvalue weighted by Gasteiger charge is 2.31. The highest BCUT2D eigenvalue weighted by atomic mass is 16.5. The average Bonchev–Trinajstić information content (AvgIpc) is 2.68. The van der Waals surface area contributed by atoms with Crippen LogP contribution in [0.15, 0.2) is 54.6 Å². The molecule has 0 unspecified atom stereocenters. The maximum absolute atomic E-state index is 11.6. The van der Waals surface area contributed by atoms with Gasteiger partial charge < -0.3 is 10.1 Å². The van der Waals surface area contributed by atoms with Crippen molar-refractivity contribution in [3.63, 3.8) is 0 Å². The van der Waals surface area contributed by atoms with Crippen molar-refractivity contribution in [2.75, 3.05) is 26.7 Å². The highest BCUT2D eigenvalue weighted by molar-refractivity contribution is 5.66. The van der Waals surface area contributed by atoms with Gasteiger partial charge in [-0.15, -0.1) is 0 Å². The van der Waals surface area contributed by atoms with E-state index in [-0.39, 0.29) is 6.09 Å². The van der Waals surface area contributed by atoms with Crippen molar-refractivity contribution in [1.82, 2.24) is 10.2 Å². The first-order valence-corrected chi connectivity index (χ1v) is 9.31. The summed E-state index contributed by atoms with van der Waals surface area (Å²) < 4.78 is 4.76. The van der Waals surface area contributed by atoms with Crippen molar-refractivity contribution < 1.29 is 9.53 Å². The minimum atomic E-state index is -0.353. The number of benzene rings is 2. The van der Waals surface area contributed by atoms with Crippen molar-refractivity contribution in [1.29, 1.82) is 0 Å². The number of nitrogens with one attached hydrogen (secondary N) is 1. The quantitative estimate of drug-likeness (QED) is 0.886. The maximum atomic E-state index is 11.6. The van der Waals surface area contributed by atoms with Gasteiger partial charge in [-0.3, -0.25) is 4.90 Å². The zero-order valence-corrected chi connectivity index (χ0v) is 15.7. The van der Waals surface area contributed by atoms with Gasteiger partial charge in [0, 0.05) is 19.6 Å². The molecule has 1 aliphatic heterocycles. The van der Waals surface area contributed by atoms with Crippen LogP contribution in [0.3, 0.4) is 0 Å². The molecule has 1 amide bonds. The summed E-state index contributed by atoms with van der Waals surface area (Å²) in [7, 11) is 1.41. The Balaban J connectivity index is 1.73. The summed E-state index contributed by atoms with van der Waals surface area (Å²) in [5.41, 5.74) is 4.07. The molecule has 138 valence electrons. The number of rotatable bonds is 5. The van der Waals surface area contributed by atoms with Gasteiger partial charge in [-0.05, 0) is 48.4 Å². The highest BCUT2D eigenvalue weighted by Crippen LogP contribution is 2.35. The minimum absolute atomic E-state index is 0.353. The van der Waals surface area contributed by atoms with Crippen LogP contribution in [0.4, 0.5) is 4.79 Å². The van der Waals surface area contributed by atoms with E-state index in [1.807, 2.05) is 0 Å². The van der Waals surface area contributed by atoms with Gasteiger partial charge in [-0.1, -0.05) is 54.6 Å². The summed E-state index contributed by atoms with van der Waals surface area (Å²) in [6.45, 7) is 5.81. The molecule has 2 aromatic carbocycles. The number of aryl methyl sites for hydroxylation is 1. The molecular weight excluding hydrogens is 324 g/mol. The Hall–Kier alpha value is -2.33. The lowest BCUT2D eigenvalue weighted by Crippen LogP contribution is -2.44. The zero-order chi connectivity index (χ0) is 18.4. The number of carbonyl (C=O) groups is 1. The number of carbonyl (C=O) groups excluding carboxylic acids is 1. The Labute approximate surface area is 156 Å². The van der Waals surface area contributed by atoms with E-state index in [1.165, 1.54) is 23.8 Å². The van der Waals surface area contributed by atoms with Crippen molar-refractivity contribution in [3.8, 4) is 0 Å². The van der Waals surface area contributed by atoms with Crippen LogP contribution in [0.25, 0.3) is 0 Å². The number of nitrogens with zero attached hydrogens (tertiary/aromatic N) is 1. The van der Waals surface area contributed by atoms with Crippen LogP contribution in [0, 0.1) is 12.8 Å². The van der Waals surface area contributed by atoms with E-state index in [2.05, 4.69) is 71.7 Å². The first-order valence-electron chi connectivity index (χ1n) is 9.31. The Kier molecular flexibility index (Phi) is 6.29. The topological polar surface area (TPSA) is 41.6 Å². The van der Waals surface area contributed by atoms with Crippen LogP contribution in [-0.4, -0.2) is 37.7 Å². The van der Waals surface area contributed by atoms with Gasteiger partial charge in [0.1, 0.15) is 0 Å². The van der Waals surface area contributed by atoms with Crippen LogP contribution in [-0.2, 0) is 11.3 Å². The van der Waals surface area contributed by atoms with Gasteiger partial charge >= 0.3 is 6.09 Å². The molecule has 2 atom stereocenters. The fraction of sp³-hybridized carbons (Fsp3) is 0.409. The van der Waals surface area contributed by atoms with E-state index in [0.29, 0.717) is 18.4 Å². The first kappa shape index (κ1) is 18.5. The summed E-state index contributed by atoms with van der Waals surface area (Å²) in [4.78, 5) is 14.1. The van der Waals surface area contributed by atoms with Crippen molar-refractivity contribution in [2.24, 2.45) is 5.92 Å². The normalized spacial score (nSPS) is 20.5. The molecule has 0 bridgehead atoms. The molecule has 4 nitrogen and oxygen atoms in total. The summed E-state index contributed by atoms with van der Waals surface area (Å²) in [5, 5.41) is 2.92. The molecule has 1 saturated heterocycles. The Morgan fingerprint density at radius 1 is 1.15 bits per heavy atom. The van der Waals surface area contributed by atoms with Gasteiger partial charge in [-0.25, -0.2) is 4.79 Å². The molecule has 26 heavy (non-hydrogen) atoms. The molecule has 1 fully saturated rings. The molecule has 2 aromatic rings. The number of hydrogen-bond donors (Lipinski definition) is 1. The number of hydrogen-bond acceptors (Lipinski definition) is 3.